The summed E-state index contributed by atoms with van der Waals surface area (Å²) in [5.74, 6) is 0. The van der Waals surface area contributed by atoms with Crippen LogP contribution in [0, 0.1) is 11.3 Å². The van der Waals surface area contributed by atoms with Crippen molar-refractivity contribution in [1.29, 1.82) is 5.26 Å². The van der Waals surface area contributed by atoms with Crippen LogP contribution in [-0.4, -0.2) is 22.5 Å². The molecule has 2 aromatic rings. The van der Waals surface area contributed by atoms with Crippen LogP contribution in [0.5, 0.6) is 0 Å². The molecule has 0 saturated carbocycles. The zero-order valence-corrected chi connectivity index (χ0v) is 13.3. The van der Waals surface area contributed by atoms with Crippen molar-refractivity contribution in [3.63, 3.8) is 0 Å². The molecule has 0 heterocycles. The molecule has 0 spiro atoms. The molecule has 1 N–H and O–H groups in total. The first kappa shape index (κ1) is 16.0. The molecule has 0 aromatic heterocycles. The largest absolute Gasteiger partial charge is 0.378 e. The van der Waals surface area contributed by atoms with Crippen LogP contribution < -0.4 is 9.62 Å². The highest BCUT2D eigenvalue weighted by Gasteiger charge is 2.14. The molecule has 0 saturated heterocycles. The second-order valence-electron chi connectivity index (χ2n) is 5.03. The Morgan fingerprint density at radius 1 is 1.14 bits per heavy atom. The Morgan fingerprint density at radius 3 is 2.41 bits per heavy atom. The Labute approximate surface area is 130 Å². The van der Waals surface area contributed by atoms with Crippen LogP contribution in [0.3, 0.4) is 0 Å². The molecule has 114 valence electrons. The predicted octanol–water partition coefficient (Wildman–Crippen LogP) is 2.10. The van der Waals surface area contributed by atoms with Crippen molar-refractivity contribution in [2.24, 2.45) is 0 Å². The molecule has 0 fully saturated rings. The summed E-state index contributed by atoms with van der Waals surface area (Å²) in [5, 5.41) is 8.84. The van der Waals surface area contributed by atoms with E-state index in [2.05, 4.69) is 4.72 Å². The maximum atomic E-state index is 12.2. The molecule has 2 aromatic carbocycles. The fraction of sp³-hybridized carbons (Fsp3) is 0.188. The number of anilines is 1. The van der Waals surface area contributed by atoms with Gasteiger partial charge in [-0.25, -0.2) is 13.1 Å². The predicted molar refractivity (Wildman–Crippen MR) is 86.0 cm³/mol. The Balaban J connectivity index is 2.11. The van der Waals surface area contributed by atoms with Crippen LogP contribution in [0.2, 0.25) is 0 Å². The van der Waals surface area contributed by atoms with E-state index in [0.717, 1.165) is 11.3 Å². The molecule has 22 heavy (non-hydrogen) atoms. The zero-order chi connectivity index (χ0) is 16.2. The molecule has 0 atom stereocenters. The van der Waals surface area contributed by atoms with Crippen molar-refractivity contribution in [3.05, 3.63) is 59.7 Å². The summed E-state index contributed by atoms with van der Waals surface area (Å²) in [6.45, 7) is 0.201. The van der Waals surface area contributed by atoms with E-state index < -0.39 is 10.0 Å². The molecule has 2 rings (SSSR count). The summed E-state index contributed by atoms with van der Waals surface area (Å²) < 4.78 is 27.0. The summed E-state index contributed by atoms with van der Waals surface area (Å²) in [5.41, 5.74) is 2.23. The highest BCUT2D eigenvalue weighted by atomic mass is 32.2. The van der Waals surface area contributed by atoms with Crippen molar-refractivity contribution in [3.8, 4) is 6.07 Å². The number of benzene rings is 2. The Morgan fingerprint density at radius 2 is 1.82 bits per heavy atom. The van der Waals surface area contributed by atoms with Crippen molar-refractivity contribution in [2.45, 2.75) is 11.4 Å². The number of hydrogen-bond donors (Lipinski definition) is 1. The molecule has 6 heteroatoms. The Hall–Kier alpha value is -2.36. The maximum absolute atomic E-state index is 12.2. The van der Waals surface area contributed by atoms with Gasteiger partial charge in [0.05, 0.1) is 16.5 Å². The van der Waals surface area contributed by atoms with Gasteiger partial charge in [0.25, 0.3) is 0 Å². The highest BCUT2D eigenvalue weighted by molar-refractivity contribution is 7.89. The SMILES string of the molecule is CN(C)c1ccc(CNS(=O)(=O)c2cccc(C#N)c2)cc1. The van der Waals surface area contributed by atoms with Gasteiger partial charge in [-0.2, -0.15) is 5.26 Å². The number of sulfonamides is 1. The lowest BCUT2D eigenvalue weighted by Gasteiger charge is -2.13. The van der Waals surface area contributed by atoms with Gasteiger partial charge in [-0.3, -0.25) is 0 Å². The molecule has 0 bridgehead atoms. The van der Waals surface area contributed by atoms with Gasteiger partial charge >= 0.3 is 0 Å². The number of nitrogens with zero attached hydrogens (tertiary/aromatic N) is 2. The van der Waals surface area contributed by atoms with Crippen LogP contribution in [0.4, 0.5) is 5.69 Å². The molecule has 5 nitrogen and oxygen atoms in total. The van der Waals surface area contributed by atoms with Gasteiger partial charge in [-0.15, -0.1) is 0 Å². The van der Waals surface area contributed by atoms with E-state index in [1.54, 1.807) is 12.1 Å². The van der Waals surface area contributed by atoms with Crippen molar-refractivity contribution < 1.29 is 8.42 Å². The van der Waals surface area contributed by atoms with E-state index in [9.17, 15) is 8.42 Å². The number of rotatable bonds is 5. The van der Waals surface area contributed by atoms with Gasteiger partial charge in [0.2, 0.25) is 10.0 Å². The lowest BCUT2D eigenvalue weighted by Crippen LogP contribution is -2.23. The van der Waals surface area contributed by atoms with E-state index in [1.165, 1.54) is 12.1 Å². The Kier molecular flexibility index (Phi) is 4.81. The number of nitrogens with one attached hydrogen (secondary N) is 1. The zero-order valence-electron chi connectivity index (χ0n) is 12.4. The Bertz CT molecular complexity index is 791. The lowest BCUT2D eigenvalue weighted by molar-refractivity contribution is 0.581. The maximum Gasteiger partial charge on any atom is 0.240 e. The topological polar surface area (TPSA) is 73.2 Å². The number of hydrogen-bond acceptors (Lipinski definition) is 4. The van der Waals surface area contributed by atoms with E-state index in [4.69, 9.17) is 5.26 Å². The van der Waals surface area contributed by atoms with Crippen molar-refractivity contribution in [2.75, 3.05) is 19.0 Å². The van der Waals surface area contributed by atoms with Gasteiger partial charge in [0.15, 0.2) is 0 Å². The summed E-state index contributed by atoms with van der Waals surface area (Å²) >= 11 is 0. The lowest BCUT2D eigenvalue weighted by atomic mass is 10.2. The summed E-state index contributed by atoms with van der Waals surface area (Å²) in [4.78, 5) is 2.07. The molecular weight excluding hydrogens is 298 g/mol. The minimum absolute atomic E-state index is 0.0939. The van der Waals surface area contributed by atoms with Gasteiger partial charge in [0.1, 0.15) is 0 Å². The van der Waals surface area contributed by atoms with Crippen LogP contribution in [0.15, 0.2) is 53.4 Å². The highest BCUT2D eigenvalue weighted by Crippen LogP contribution is 2.14. The average molecular weight is 315 g/mol. The average Bonchev–Trinajstić information content (AvgIpc) is 2.53. The van der Waals surface area contributed by atoms with Crippen LogP contribution >= 0.6 is 0 Å². The summed E-state index contributed by atoms with van der Waals surface area (Å²) in [6, 6.07) is 15.5. The smallest absolute Gasteiger partial charge is 0.240 e. The van der Waals surface area contributed by atoms with Gasteiger partial charge in [-0.1, -0.05) is 18.2 Å². The summed E-state index contributed by atoms with van der Waals surface area (Å²) in [6.07, 6.45) is 0. The minimum atomic E-state index is -3.63. The molecule has 0 radical (unpaired) electrons. The van der Waals surface area contributed by atoms with Crippen molar-refractivity contribution >= 4 is 15.7 Å². The monoisotopic (exact) mass is 315 g/mol. The molecule has 0 amide bonds. The van der Waals surface area contributed by atoms with Crippen LogP contribution in [-0.2, 0) is 16.6 Å². The molecule has 0 unspecified atom stereocenters. The quantitative estimate of drug-likeness (QED) is 0.917. The normalized spacial score (nSPS) is 11.0. The fourth-order valence-corrected chi connectivity index (χ4v) is 2.97. The number of nitriles is 1. The first-order chi connectivity index (χ1) is 10.4. The third-order valence-corrected chi connectivity index (χ3v) is 4.59. The van der Waals surface area contributed by atoms with Gasteiger partial charge in [0, 0.05) is 26.3 Å². The van der Waals surface area contributed by atoms with E-state index in [1.807, 2.05) is 49.3 Å². The standard InChI is InChI=1S/C16H17N3O2S/c1-19(2)15-8-6-13(7-9-15)12-18-22(20,21)16-5-3-4-14(10-16)11-17/h3-10,18H,12H2,1-2H3. The minimum Gasteiger partial charge on any atom is -0.378 e. The summed E-state index contributed by atoms with van der Waals surface area (Å²) in [7, 11) is 0.260. The third-order valence-electron chi connectivity index (χ3n) is 3.19. The van der Waals surface area contributed by atoms with Crippen LogP contribution in [0.25, 0.3) is 0 Å². The molecular formula is C16H17N3O2S. The van der Waals surface area contributed by atoms with E-state index >= 15 is 0 Å². The second kappa shape index (κ2) is 6.60. The third kappa shape index (κ3) is 3.85. The van der Waals surface area contributed by atoms with Gasteiger partial charge < -0.3 is 4.90 Å². The molecule has 0 aliphatic heterocycles. The first-order valence-corrected chi connectivity index (χ1v) is 8.17. The van der Waals surface area contributed by atoms with Gasteiger partial charge in [-0.05, 0) is 35.9 Å². The van der Waals surface area contributed by atoms with E-state index in [0.29, 0.717) is 5.56 Å². The van der Waals surface area contributed by atoms with E-state index in [-0.39, 0.29) is 11.4 Å². The molecule has 0 aliphatic rings. The molecule has 0 aliphatic carbocycles. The fourth-order valence-electron chi connectivity index (χ4n) is 1.91. The van der Waals surface area contributed by atoms with Crippen molar-refractivity contribution in [1.82, 2.24) is 4.72 Å². The van der Waals surface area contributed by atoms with Crippen LogP contribution in [0.1, 0.15) is 11.1 Å². The second-order valence-corrected chi connectivity index (χ2v) is 6.79. The first-order valence-electron chi connectivity index (χ1n) is 6.68.